The fraction of sp³-hybridized carbons (Fsp3) is 0.762. The van der Waals surface area contributed by atoms with Gasteiger partial charge in [0.15, 0.2) is 14.8 Å². The van der Waals surface area contributed by atoms with Crippen molar-refractivity contribution >= 4 is 26.8 Å². The third kappa shape index (κ3) is 6.39. The molecule has 0 aromatic carbocycles. The first-order chi connectivity index (χ1) is 14.0. The normalized spacial score (nSPS) is 25.3. The van der Waals surface area contributed by atoms with Crippen LogP contribution >= 0.6 is 0 Å². The highest BCUT2D eigenvalue weighted by atomic mass is 28.3. The van der Waals surface area contributed by atoms with E-state index in [1.807, 2.05) is 0 Å². The van der Waals surface area contributed by atoms with Gasteiger partial charge in [0.1, 0.15) is 12.7 Å². The lowest BCUT2D eigenvalue weighted by molar-refractivity contribution is -0.146. The van der Waals surface area contributed by atoms with E-state index in [1.165, 1.54) is 11.0 Å². The van der Waals surface area contributed by atoms with Gasteiger partial charge in [0, 0.05) is 25.6 Å². The van der Waals surface area contributed by atoms with E-state index in [9.17, 15) is 14.4 Å². The van der Waals surface area contributed by atoms with E-state index in [1.54, 1.807) is 0 Å². The second-order valence-corrected chi connectivity index (χ2v) is 11.8. The first-order valence-corrected chi connectivity index (χ1v) is 13.4. The minimum Gasteiger partial charge on any atom is -0.445 e. The van der Waals surface area contributed by atoms with E-state index in [2.05, 4.69) is 45.8 Å². The number of carbonyl (C=O) groups excluding carboxylic acids is 3. The minimum absolute atomic E-state index is 0.0246. The number of hydrogen-bond donors (Lipinski definition) is 1. The Morgan fingerprint density at radius 1 is 1.40 bits per heavy atom. The van der Waals surface area contributed by atoms with Gasteiger partial charge in [-0.2, -0.15) is 0 Å². The maximum atomic E-state index is 12.9. The number of β-lactam (4-membered cyclic amide) rings is 1. The molecule has 0 saturated carbocycles. The topological polar surface area (TPSA) is 94.2 Å². The summed E-state index contributed by atoms with van der Waals surface area (Å²) in [5, 5.41) is 2.89. The minimum atomic E-state index is -1.22. The van der Waals surface area contributed by atoms with Crippen molar-refractivity contribution in [1.82, 2.24) is 10.2 Å². The summed E-state index contributed by atoms with van der Waals surface area (Å²) < 4.78 is 16.6. The van der Waals surface area contributed by atoms with Crippen LogP contribution in [-0.4, -0.2) is 76.8 Å². The van der Waals surface area contributed by atoms with Crippen LogP contribution in [0.15, 0.2) is 12.7 Å². The number of nitrogens with one attached hydrogen (secondary N) is 1. The molecule has 2 aliphatic rings. The smallest absolute Gasteiger partial charge is 0.410 e. The van der Waals surface area contributed by atoms with E-state index in [0.717, 1.165) is 0 Å². The van der Waals surface area contributed by atoms with Crippen LogP contribution in [0.5, 0.6) is 0 Å². The molecule has 1 N–H and O–H groups in total. The maximum absolute atomic E-state index is 12.9. The Hall–Kier alpha value is -1.71. The summed E-state index contributed by atoms with van der Waals surface area (Å²) in [7, 11) is -1.22. The van der Waals surface area contributed by atoms with Crippen molar-refractivity contribution in [3.05, 3.63) is 12.7 Å². The zero-order valence-corrected chi connectivity index (χ0v) is 20.0. The molecule has 2 aliphatic heterocycles. The number of ketones is 1. The molecule has 0 radical (unpaired) electrons. The summed E-state index contributed by atoms with van der Waals surface area (Å²) in [6.07, 6.45) is 0.494. The van der Waals surface area contributed by atoms with E-state index < -0.39 is 21.2 Å². The Morgan fingerprint density at radius 3 is 2.67 bits per heavy atom. The van der Waals surface area contributed by atoms with Crippen molar-refractivity contribution in [1.29, 1.82) is 0 Å². The molecule has 2 rings (SSSR count). The Labute approximate surface area is 181 Å². The summed E-state index contributed by atoms with van der Waals surface area (Å²) in [5.74, 6) is -0.380. The standard InChI is InChI=1S/C21H36N2O6Si/c1-7-9-28-20(26)23-8-10-27-17(12-23)16(24)11-15-18(19(25)22-15)14(21(2,3)4)13-29-30(5)6/h7,14-15,17-18,30H,1,8-13H2,2-6H3,(H,22,25)/t14-,15-,17?,18+/m1/s1. The third-order valence-corrected chi connectivity index (χ3v) is 6.51. The third-order valence-electron chi connectivity index (χ3n) is 5.65. The SMILES string of the molecule is C=CCOC(=O)N1CCOC(C(=O)C[C@H]2NC(=O)[C@H]2[C@@H](CO[SiH](C)C)C(C)(C)C)C1. The van der Waals surface area contributed by atoms with E-state index in [4.69, 9.17) is 13.9 Å². The van der Waals surface area contributed by atoms with Crippen molar-refractivity contribution in [3.8, 4) is 0 Å². The molecule has 2 amide bonds. The van der Waals surface area contributed by atoms with Gasteiger partial charge in [-0.3, -0.25) is 9.59 Å². The van der Waals surface area contributed by atoms with Crippen LogP contribution in [0.1, 0.15) is 27.2 Å². The van der Waals surface area contributed by atoms with Gasteiger partial charge >= 0.3 is 6.09 Å². The van der Waals surface area contributed by atoms with Crippen LogP contribution in [0.3, 0.4) is 0 Å². The number of morpholine rings is 1. The monoisotopic (exact) mass is 440 g/mol. The number of rotatable bonds is 9. The number of ether oxygens (including phenoxy) is 2. The molecule has 2 heterocycles. The van der Waals surface area contributed by atoms with Crippen LogP contribution in [0.25, 0.3) is 0 Å². The van der Waals surface area contributed by atoms with Crippen LogP contribution in [0.4, 0.5) is 4.79 Å². The lowest BCUT2D eigenvalue weighted by Crippen LogP contribution is -2.64. The lowest BCUT2D eigenvalue weighted by Gasteiger charge is -2.46. The predicted octanol–water partition coefficient (Wildman–Crippen LogP) is 1.75. The first-order valence-electron chi connectivity index (χ1n) is 10.6. The molecule has 9 heteroatoms. The highest BCUT2D eigenvalue weighted by Gasteiger charge is 2.49. The molecular formula is C21H36N2O6Si. The van der Waals surface area contributed by atoms with Crippen LogP contribution in [-0.2, 0) is 23.5 Å². The van der Waals surface area contributed by atoms with Crippen LogP contribution in [0, 0.1) is 17.3 Å². The molecule has 170 valence electrons. The Bertz CT molecular complexity index is 648. The average molecular weight is 441 g/mol. The summed E-state index contributed by atoms with van der Waals surface area (Å²) >= 11 is 0. The highest BCUT2D eigenvalue weighted by molar-refractivity contribution is 6.48. The van der Waals surface area contributed by atoms with Gasteiger partial charge in [0.2, 0.25) is 5.91 Å². The van der Waals surface area contributed by atoms with Gasteiger partial charge in [0.25, 0.3) is 0 Å². The summed E-state index contributed by atoms with van der Waals surface area (Å²) in [4.78, 5) is 38.8. The number of carbonyl (C=O) groups is 3. The maximum Gasteiger partial charge on any atom is 0.410 e. The zero-order valence-electron chi connectivity index (χ0n) is 18.8. The van der Waals surface area contributed by atoms with E-state index in [0.29, 0.717) is 13.2 Å². The van der Waals surface area contributed by atoms with Gasteiger partial charge in [-0.25, -0.2) is 4.79 Å². The van der Waals surface area contributed by atoms with Gasteiger partial charge in [-0.05, 0) is 24.4 Å². The number of Topliss-reactive ketones (excluding diaryl/α,β-unsaturated/α-hetero) is 1. The molecule has 2 fully saturated rings. The molecule has 8 nitrogen and oxygen atoms in total. The van der Waals surface area contributed by atoms with E-state index in [-0.39, 0.29) is 61.2 Å². The second-order valence-electron chi connectivity index (χ2n) is 9.34. The van der Waals surface area contributed by atoms with Crippen LogP contribution in [0.2, 0.25) is 13.1 Å². The number of amides is 2. The van der Waals surface area contributed by atoms with Crippen LogP contribution < -0.4 is 5.32 Å². The van der Waals surface area contributed by atoms with Crippen molar-refractivity contribution in [3.63, 3.8) is 0 Å². The fourth-order valence-corrected chi connectivity index (χ4v) is 4.46. The fourth-order valence-electron chi connectivity index (χ4n) is 3.86. The summed E-state index contributed by atoms with van der Waals surface area (Å²) in [5.41, 5.74) is -0.125. The molecule has 0 aromatic rings. The number of hydrogen-bond acceptors (Lipinski definition) is 6. The molecule has 2 saturated heterocycles. The van der Waals surface area contributed by atoms with Gasteiger partial charge < -0.3 is 24.1 Å². The van der Waals surface area contributed by atoms with Crippen molar-refractivity contribution in [2.24, 2.45) is 17.3 Å². The number of nitrogens with zero attached hydrogens (tertiary/aromatic N) is 1. The highest BCUT2D eigenvalue weighted by Crippen LogP contribution is 2.39. The molecule has 0 aromatic heterocycles. The molecule has 4 atom stereocenters. The van der Waals surface area contributed by atoms with Gasteiger partial charge in [-0.1, -0.05) is 33.4 Å². The molecule has 30 heavy (non-hydrogen) atoms. The Morgan fingerprint density at radius 2 is 2.10 bits per heavy atom. The zero-order chi connectivity index (χ0) is 22.5. The average Bonchev–Trinajstić information content (AvgIpc) is 2.67. The summed E-state index contributed by atoms with van der Waals surface area (Å²) in [6, 6.07) is -0.238. The largest absolute Gasteiger partial charge is 0.445 e. The second kappa shape index (κ2) is 10.5. The molecule has 0 aliphatic carbocycles. The molecule has 1 unspecified atom stereocenters. The van der Waals surface area contributed by atoms with Gasteiger partial charge in [0.05, 0.1) is 19.1 Å². The summed E-state index contributed by atoms with van der Waals surface area (Å²) in [6.45, 7) is 15.5. The van der Waals surface area contributed by atoms with Crippen molar-refractivity contribution < 1.29 is 28.3 Å². The van der Waals surface area contributed by atoms with Crippen molar-refractivity contribution in [2.75, 3.05) is 32.9 Å². The predicted molar refractivity (Wildman–Crippen MR) is 116 cm³/mol. The van der Waals surface area contributed by atoms with Gasteiger partial charge in [-0.15, -0.1) is 0 Å². The molecular weight excluding hydrogens is 404 g/mol. The molecule has 0 bridgehead atoms. The quantitative estimate of drug-likeness (QED) is 0.333. The Balaban J connectivity index is 1.98. The lowest BCUT2D eigenvalue weighted by atomic mass is 9.66. The molecule has 0 spiro atoms. The first kappa shape index (κ1) is 24.6. The Kier molecular flexibility index (Phi) is 8.63. The van der Waals surface area contributed by atoms with E-state index >= 15 is 0 Å². The van der Waals surface area contributed by atoms with Crippen molar-refractivity contribution in [2.45, 2.75) is 52.4 Å².